The van der Waals surface area contributed by atoms with Gasteiger partial charge in [0.1, 0.15) is 12.1 Å². The molecule has 0 radical (unpaired) electrons. The SMILES string of the molecule is NC(=O)c1ccc(Nc2ncnc3c(C(F)(F)F)cc(Br)cc23)cc1. The fourth-order valence-corrected chi connectivity index (χ4v) is 2.76. The highest BCUT2D eigenvalue weighted by Crippen LogP contribution is 2.38. The Balaban J connectivity index is 2.08. The molecule has 128 valence electrons. The number of rotatable bonds is 3. The van der Waals surface area contributed by atoms with Crippen LogP contribution in [0.25, 0.3) is 10.9 Å². The first-order chi connectivity index (χ1) is 11.8. The summed E-state index contributed by atoms with van der Waals surface area (Å²) in [6.07, 6.45) is -3.48. The summed E-state index contributed by atoms with van der Waals surface area (Å²) in [6.45, 7) is 0. The normalized spacial score (nSPS) is 11.5. The number of halogens is 4. The minimum absolute atomic E-state index is 0.207. The van der Waals surface area contributed by atoms with E-state index in [1.54, 1.807) is 12.1 Å². The standard InChI is InChI=1S/C16H10BrF3N4O/c17-9-5-11-13(12(6-9)16(18,19)20)22-7-23-15(11)24-10-3-1-8(2-4-10)14(21)25/h1-7H,(H2,21,25)(H,22,23,24). The summed E-state index contributed by atoms with van der Waals surface area (Å²) < 4.78 is 40.0. The molecule has 2 aromatic carbocycles. The summed E-state index contributed by atoms with van der Waals surface area (Å²) in [4.78, 5) is 18.9. The molecule has 1 heterocycles. The summed E-state index contributed by atoms with van der Waals surface area (Å²) in [6, 6.07) is 8.65. The highest BCUT2D eigenvalue weighted by Gasteiger charge is 2.34. The summed E-state index contributed by atoms with van der Waals surface area (Å²) in [5, 5.41) is 3.14. The zero-order chi connectivity index (χ0) is 18.2. The Morgan fingerprint density at radius 1 is 1.12 bits per heavy atom. The lowest BCUT2D eigenvalue weighted by molar-refractivity contribution is -0.136. The van der Waals surface area contributed by atoms with E-state index in [4.69, 9.17) is 5.73 Å². The van der Waals surface area contributed by atoms with Gasteiger partial charge in [-0.05, 0) is 36.4 Å². The fraction of sp³-hybridized carbons (Fsp3) is 0.0625. The van der Waals surface area contributed by atoms with E-state index in [2.05, 4.69) is 31.2 Å². The molecule has 0 aliphatic rings. The van der Waals surface area contributed by atoms with Crippen molar-refractivity contribution in [3.63, 3.8) is 0 Å². The van der Waals surface area contributed by atoms with E-state index in [9.17, 15) is 18.0 Å². The van der Waals surface area contributed by atoms with Crippen LogP contribution in [0.15, 0.2) is 47.2 Å². The van der Waals surface area contributed by atoms with Crippen LogP contribution >= 0.6 is 15.9 Å². The van der Waals surface area contributed by atoms with Crippen LogP contribution in [0.2, 0.25) is 0 Å². The van der Waals surface area contributed by atoms with Crippen molar-refractivity contribution >= 4 is 44.2 Å². The maximum atomic E-state index is 13.2. The van der Waals surface area contributed by atoms with Crippen LogP contribution in [0.5, 0.6) is 0 Å². The third kappa shape index (κ3) is 3.55. The molecule has 3 N–H and O–H groups in total. The third-order valence-corrected chi connectivity index (χ3v) is 3.90. The van der Waals surface area contributed by atoms with Crippen molar-refractivity contribution in [3.8, 4) is 0 Å². The molecular formula is C16H10BrF3N4O. The van der Waals surface area contributed by atoms with Gasteiger partial charge in [0, 0.05) is 21.1 Å². The number of hydrogen-bond donors (Lipinski definition) is 2. The van der Waals surface area contributed by atoms with E-state index >= 15 is 0 Å². The summed E-state index contributed by atoms with van der Waals surface area (Å²) in [7, 11) is 0. The molecule has 0 saturated heterocycles. The van der Waals surface area contributed by atoms with E-state index in [0.29, 0.717) is 11.3 Å². The Morgan fingerprint density at radius 3 is 2.40 bits per heavy atom. The minimum Gasteiger partial charge on any atom is -0.366 e. The number of hydrogen-bond acceptors (Lipinski definition) is 4. The second-order valence-electron chi connectivity index (χ2n) is 5.14. The molecular weight excluding hydrogens is 401 g/mol. The lowest BCUT2D eigenvalue weighted by Crippen LogP contribution is -2.10. The van der Waals surface area contributed by atoms with E-state index < -0.39 is 17.6 Å². The summed E-state index contributed by atoms with van der Waals surface area (Å²) in [5.74, 6) is -0.360. The Morgan fingerprint density at radius 2 is 1.80 bits per heavy atom. The van der Waals surface area contributed by atoms with Crippen LogP contribution < -0.4 is 11.1 Å². The van der Waals surface area contributed by atoms with Gasteiger partial charge in [0.25, 0.3) is 0 Å². The molecule has 25 heavy (non-hydrogen) atoms. The van der Waals surface area contributed by atoms with E-state index in [1.165, 1.54) is 18.2 Å². The van der Waals surface area contributed by atoms with Crippen LogP contribution in [-0.2, 0) is 6.18 Å². The number of alkyl halides is 3. The van der Waals surface area contributed by atoms with Gasteiger partial charge in [-0.1, -0.05) is 15.9 Å². The van der Waals surface area contributed by atoms with Gasteiger partial charge in [-0.3, -0.25) is 4.79 Å². The molecule has 3 aromatic rings. The molecule has 0 unspecified atom stereocenters. The predicted octanol–water partition coefficient (Wildman–Crippen LogP) is 4.25. The van der Waals surface area contributed by atoms with Gasteiger partial charge in [-0.25, -0.2) is 9.97 Å². The topological polar surface area (TPSA) is 80.9 Å². The van der Waals surface area contributed by atoms with Crippen molar-refractivity contribution in [2.24, 2.45) is 5.73 Å². The van der Waals surface area contributed by atoms with Crippen LogP contribution in [0.3, 0.4) is 0 Å². The van der Waals surface area contributed by atoms with Gasteiger partial charge in [-0.15, -0.1) is 0 Å². The van der Waals surface area contributed by atoms with Crippen LogP contribution in [-0.4, -0.2) is 15.9 Å². The molecule has 0 aliphatic carbocycles. The van der Waals surface area contributed by atoms with Gasteiger partial charge < -0.3 is 11.1 Å². The molecule has 0 bridgehead atoms. The van der Waals surface area contributed by atoms with Gasteiger partial charge in [-0.2, -0.15) is 13.2 Å². The van der Waals surface area contributed by atoms with Crippen molar-refractivity contribution < 1.29 is 18.0 Å². The third-order valence-electron chi connectivity index (χ3n) is 3.44. The number of nitrogens with one attached hydrogen (secondary N) is 1. The maximum absolute atomic E-state index is 13.2. The molecule has 0 spiro atoms. The van der Waals surface area contributed by atoms with Gasteiger partial charge in [0.2, 0.25) is 5.91 Å². The van der Waals surface area contributed by atoms with E-state index in [0.717, 1.165) is 12.4 Å². The van der Waals surface area contributed by atoms with Crippen molar-refractivity contribution in [1.82, 2.24) is 9.97 Å². The summed E-state index contributed by atoms with van der Waals surface area (Å²) >= 11 is 3.09. The number of fused-ring (bicyclic) bond motifs is 1. The quantitative estimate of drug-likeness (QED) is 0.675. The molecule has 0 fully saturated rings. The Labute approximate surface area is 148 Å². The molecule has 0 atom stereocenters. The molecule has 1 amide bonds. The van der Waals surface area contributed by atoms with Crippen LogP contribution in [0, 0.1) is 0 Å². The van der Waals surface area contributed by atoms with E-state index in [1.807, 2.05) is 0 Å². The van der Waals surface area contributed by atoms with Crippen molar-refractivity contribution in [3.05, 3.63) is 58.3 Å². The molecule has 1 aromatic heterocycles. The highest BCUT2D eigenvalue weighted by molar-refractivity contribution is 9.10. The average Bonchev–Trinajstić information content (AvgIpc) is 2.54. The largest absolute Gasteiger partial charge is 0.418 e. The number of nitrogens with zero attached hydrogens (tertiary/aromatic N) is 2. The molecule has 0 aliphatic heterocycles. The monoisotopic (exact) mass is 410 g/mol. The molecule has 0 saturated carbocycles. The number of nitrogens with two attached hydrogens (primary N) is 1. The molecule has 5 nitrogen and oxygen atoms in total. The van der Waals surface area contributed by atoms with Gasteiger partial charge in [0.05, 0.1) is 11.1 Å². The first kappa shape index (κ1) is 17.2. The smallest absolute Gasteiger partial charge is 0.366 e. The highest BCUT2D eigenvalue weighted by atomic mass is 79.9. The summed E-state index contributed by atoms with van der Waals surface area (Å²) in [5.41, 5.74) is 4.97. The Hall–Kier alpha value is -2.68. The average molecular weight is 411 g/mol. The maximum Gasteiger partial charge on any atom is 0.418 e. The van der Waals surface area contributed by atoms with Crippen molar-refractivity contribution in [2.75, 3.05) is 5.32 Å². The van der Waals surface area contributed by atoms with Crippen LogP contribution in [0.4, 0.5) is 24.7 Å². The van der Waals surface area contributed by atoms with Gasteiger partial charge >= 0.3 is 6.18 Å². The zero-order valence-corrected chi connectivity index (χ0v) is 14.0. The number of amides is 1. The number of aromatic nitrogens is 2. The number of benzene rings is 2. The first-order valence-corrected chi connectivity index (χ1v) is 7.73. The lowest BCUT2D eigenvalue weighted by Gasteiger charge is -2.13. The Kier molecular flexibility index (Phi) is 4.34. The van der Waals surface area contributed by atoms with Gasteiger partial charge in [0.15, 0.2) is 0 Å². The van der Waals surface area contributed by atoms with Crippen molar-refractivity contribution in [2.45, 2.75) is 6.18 Å². The minimum atomic E-state index is -4.54. The number of primary amides is 1. The Bertz CT molecular complexity index is 958. The number of carbonyl (C=O) groups excluding carboxylic acids is 1. The number of carbonyl (C=O) groups is 1. The second-order valence-corrected chi connectivity index (χ2v) is 6.05. The van der Waals surface area contributed by atoms with Crippen LogP contribution in [0.1, 0.15) is 15.9 Å². The number of anilines is 2. The molecule has 9 heteroatoms. The predicted molar refractivity (Wildman–Crippen MR) is 90.5 cm³/mol. The second kappa shape index (κ2) is 6.32. The lowest BCUT2D eigenvalue weighted by atomic mass is 10.1. The fourth-order valence-electron chi connectivity index (χ4n) is 2.30. The van der Waals surface area contributed by atoms with Crippen molar-refractivity contribution in [1.29, 1.82) is 0 Å². The van der Waals surface area contributed by atoms with E-state index in [-0.39, 0.29) is 21.2 Å². The first-order valence-electron chi connectivity index (χ1n) is 6.94. The molecule has 3 rings (SSSR count). The zero-order valence-electron chi connectivity index (χ0n) is 12.4.